The first-order valence-electron chi connectivity index (χ1n) is 4.33. The maximum Gasteiger partial charge on any atom is 0.269 e. The summed E-state index contributed by atoms with van der Waals surface area (Å²) in [5, 5.41) is 8.82. The Morgan fingerprint density at radius 3 is 3.07 bits per heavy atom. The number of H-pyrrole nitrogens is 2. The number of carbonyl (C=O) groups is 1. The number of nitrogens with one attached hydrogen (secondary N) is 3. The molecule has 7 nitrogen and oxygen atoms in total. The molecule has 2 heterocycles. The van der Waals surface area contributed by atoms with Gasteiger partial charge in [0.2, 0.25) is 0 Å². The molecule has 0 spiro atoms. The van der Waals surface area contributed by atoms with Gasteiger partial charge in [-0.25, -0.2) is 4.98 Å². The molecule has 5 N–H and O–H groups in total. The molecular weight excluding hydrogens is 196 g/mol. The van der Waals surface area contributed by atoms with Crippen molar-refractivity contribution in [3.8, 4) is 0 Å². The number of hydrogen-bond acceptors (Lipinski definition) is 4. The van der Waals surface area contributed by atoms with Crippen molar-refractivity contribution in [2.45, 2.75) is 6.54 Å². The summed E-state index contributed by atoms with van der Waals surface area (Å²) >= 11 is 0. The fourth-order valence-corrected chi connectivity index (χ4v) is 1.11. The molecule has 0 aliphatic carbocycles. The van der Waals surface area contributed by atoms with E-state index in [1.165, 1.54) is 6.07 Å². The maximum atomic E-state index is 11.5. The van der Waals surface area contributed by atoms with Crippen LogP contribution in [0, 0.1) is 0 Å². The van der Waals surface area contributed by atoms with Crippen LogP contribution in [0.25, 0.3) is 0 Å². The molecule has 0 unspecified atom stereocenters. The van der Waals surface area contributed by atoms with Crippen LogP contribution in [0.2, 0.25) is 0 Å². The first-order chi connectivity index (χ1) is 7.25. The van der Waals surface area contributed by atoms with Gasteiger partial charge in [0.1, 0.15) is 17.3 Å². The Labute approximate surface area is 85.1 Å². The molecule has 1 amide bonds. The van der Waals surface area contributed by atoms with Crippen LogP contribution in [0.1, 0.15) is 16.3 Å². The summed E-state index contributed by atoms with van der Waals surface area (Å²) in [6, 6.07) is 1.47. The minimum absolute atomic E-state index is 0.268. The van der Waals surface area contributed by atoms with Crippen LogP contribution in [0.4, 0.5) is 5.82 Å². The van der Waals surface area contributed by atoms with Gasteiger partial charge in [0.25, 0.3) is 5.91 Å². The first kappa shape index (κ1) is 9.25. The van der Waals surface area contributed by atoms with Crippen LogP contribution in [0.5, 0.6) is 0 Å². The van der Waals surface area contributed by atoms with Gasteiger partial charge in [-0.05, 0) is 0 Å². The van der Waals surface area contributed by atoms with Gasteiger partial charge in [-0.15, -0.1) is 0 Å². The standard InChI is InChI=1S/C8H10N6O/c9-6-3-5(13-14-6)8(15)12-4-7-10-1-2-11-7/h1-3H,4H2,(H,10,11)(H,12,15)(H3,9,13,14). The van der Waals surface area contributed by atoms with Crippen LogP contribution in [-0.4, -0.2) is 26.1 Å². The molecule has 0 aliphatic heterocycles. The lowest BCUT2D eigenvalue weighted by atomic mass is 10.4. The second kappa shape index (κ2) is 3.82. The Balaban J connectivity index is 1.93. The van der Waals surface area contributed by atoms with Crippen LogP contribution < -0.4 is 11.1 Å². The minimum Gasteiger partial charge on any atom is -0.382 e. The number of hydrogen-bond donors (Lipinski definition) is 4. The smallest absolute Gasteiger partial charge is 0.269 e. The predicted octanol–water partition coefficient (Wildman–Crippen LogP) is -0.355. The molecule has 0 saturated heterocycles. The topological polar surface area (TPSA) is 112 Å². The van der Waals surface area contributed by atoms with Crippen molar-refractivity contribution in [1.82, 2.24) is 25.5 Å². The molecular formula is C8H10N6O. The number of amides is 1. The minimum atomic E-state index is -0.268. The van der Waals surface area contributed by atoms with E-state index in [4.69, 9.17) is 5.73 Å². The van der Waals surface area contributed by atoms with Gasteiger partial charge >= 0.3 is 0 Å². The van der Waals surface area contributed by atoms with Gasteiger partial charge < -0.3 is 16.0 Å². The summed E-state index contributed by atoms with van der Waals surface area (Å²) < 4.78 is 0. The summed E-state index contributed by atoms with van der Waals surface area (Å²) in [5.41, 5.74) is 5.70. The molecule has 0 aromatic carbocycles. The van der Waals surface area contributed by atoms with Crippen molar-refractivity contribution in [2.75, 3.05) is 5.73 Å². The first-order valence-corrected chi connectivity index (χ1v) is 4.33. The van der Waals surface area contributed by atoms with Gasteiger partial charge in [-0.3, -0.25) is 9.89 Å². The Hall–Kier alpha value is -2.31. The summed E-state index contributed by atoms with van der Waals surface area (Å²) in [6.07, 6.45) is 3.31. The average molecular weight is 206 g/mol. The fraction of sp³-hybridized carbons (Fsp3) is 0.125. The molecule has 0 fully saturated rings. The van der Waals surface area contributed by atoms with E-state index in [0.717, 1.165) is 0 Å². The zero-order valence-corrected chi connectivity index (χ0v) is 7.82. The summed E-state index contributed by atoms with van der Waals surface area (Å²) in [7, 11) is 0. The number of nitrogens with two attached hydrogens (primary N) is 1. The van der Waals surface area contributed by atoms with E-state index in [0.29, 0.717) is 18.1 Å². The zero-order valence-electron chi connectivity index (χ0n) is 7.82. The molecule has 0 bridgehead atoms. The van der Waals surface area contributed by atoms with Crippen LogP contribution in [-0.2, 0) is 6.54 Å². The Bertz CT molecular complexity index is 445. The molecule has 7 heteroatoms. The highest BCUT2D eigenvalue weighted by atomic mass is 16.1. The van der Waals surface area contributed by atoms with E-state index >= 15 is 0 Å². The molecule has 0 radical (unpaired) electrons. The Morgan fingerprint density at radius 2 is 2.47 bits per heavy atom. The van der Waals surface area contributed by atoms with E-state index < -0.39 is 0 Å². The predicted molar refractivity (Wildman–Crippen MR) is 52.8 cm³/mol. The summed E-state index contributed by atoms with van der Waals surface area (Å²) in [6.45, 7) is 0.338. The normalized spacial score (nSPS) is 10.1. The molecule has 15 heavy (non-hydrogen) atoms. The SMILES string of the molecule is Nc1cc(C(=O)NCc2ncc[nH]2)[nH]n1. The average Bonchev–Trinajstić information content (AvgIpc) is 2.84. The van der Waals surface area contributed by atoms with Crippen molar-refractivity contribution in [3.63, 3.8) is 0 Å². The highest BCUT2D eigenvalue weighted by Gasteiger charge is 2.08. The van der Waals surface area contributed by atoms with Crippen LogP contribution in [0.3, 0.4) is 0 Å². The highest BCUT2D eigenvalue weighted by molar-refractivity contribution is 5.92. The largest absolute Gasteiger partial charge is 0.382 e. The molecule has 2 aromatic heterocycles. The van der Waals surface area contributed by atoms with E-state index in [2.05, 4.69) is 25.5 Å². The zero-order chi connectivity index (χ0) is 10.7. The number of nitrogen functional groups attached to an aromatic ring is 1. The van der Waals surface area contributed by atoms with Crippen molar-refractivity contribution >= 4 is 11.7 Å². The molecule has 0 aliphatic rings. The van der Waals surface area contributed by atoms with Crippen molar-refractivity contribution in [1.29, 1.82) is 0 Å². The molecule has 0 atom stereocenters. The molecule has 2 aromatic rings. The van der Waals surface area contributed by atoms with Gasteiger partial charge in [-0.1, -0.05) is 0 Å². The number of rotatable bonds is 3. The molecule has 0 saturated carbocycles. The van der Waals surface area contributed by atoms with E-state index in [1.54, 1.807) is 12.4 Å². The van der Waals surface area contributed by atoms with E-state index in [9.17, 15) is 4.79 Å². The Kier molecular flexibility index (Phi) is 2.36. The lowest BCUT2D eigenvalue weighted by Gasteiger charge is -1.99. The highest BCUT2D eigenvalue weighted by Crippen LogP contribution is 2.00. The Morgan fingerprint density at radius 1 is 1.60 bits per heavy atom. The number of imidazole rings is 1. The van der Waals surface area contributed by atoms with Gasteiger partial charge in [0.05, 0.1) is 6.54 Å². The number of nitrogens with zero attached hydrogens (tertiary/aromatic N) is 2. The monoisotopic (exact) mass is 206 g/mol. The van der Waals surface area contributed by atoms with Crippen molar-refractivity contribution in [3.05, 3.63) is 30.0 Å². The van der Waals surface area contributed by atoms with Gasteiger partial charge in [0, 0.05) is 18.5 Å². The number of carbonyl (C=O) groups excluding carboxylic acids is 1. The van der Waals surface area contributed by atoms with Gasteiger partial charge in [-0.2, -0.15) is 5.10 Å². The number of anilines is 1. The summed E-state index contributed by atoms with van der Waals surface area (Å²) in [4.78, 5) is 18.3. The fourth-order valence-electron chi connectivity index (χ4n) is 1.11. The lowest BCUT2D eigenvalue weighted by molar-refractivity contribution is 0.0945. The van der Waals surface area contributed by atoms with Crippen molar-refractivity contribution in [2.24, 2.45) is 0 Å². The summed E-state index contributed by atoms with van der Waals surface area (Å²) in [5.74, 6) is 0.713. The molecule has 78 valence electrons. The second-order valence-corrected chi connectivity index (χ2v) is 2.93. The van der Waals surface area contributed by atoms with Gasteiger partial charge in [0.15, 0.2) is 0 Å². The van der Waals surface area contributed by atoms with E-state index in [-0.39, 0.29) is 11.7 Å². The third-order valence-corrected chi connectivity index (χ3v) is 1.81. The number of aromatic nitrogens is 4. The lowest BCUT2D eigenvalue weighted by Crippen LogP contribution is -2.23. The van der Waals surface area contributed by atoms with Crippen molar-refractivity contribution < 1.29 is 4.79 Å². The van der Waals surface area contributed by atoms with E-state index in [1.807, 2.05) is 0 Å². The third kappa shape index (κ3) is 2.13. The molecule has 2 rings (SSSR count). The quantitative estimate of drug-likeness (QED) is 0.549. The third-order valence-electron chi connectivity index (χ3n) is 1.81. The van der Waals surface area contributed by atoms with Crippen LogP contribution >= 0.6 is 0 Å². The van der Waals surface area contributed by atoms with Crippen LogP contribution in [0.15, 0.2) is 18.5 Å². The maximum absolute atomic E-state index is 11.5. The number of aromatic amines is 2. The second-order valence-electron chi connectivity index (χ2n) is 2.93.